The molecule has 5 heteroatoms. The summed E-state index contributed by atoms with van der Waals surface area (Å²) < 4.78 is 0.993. The number of aliphatic hydroxyl groups excluding tert-OH is 1. The molecule has 0 bridgehead atoms. The van der Waals surface area contributed by atoms with Crippen LogP contribution in [0.3, 0.4) is 0 Å². The molecule has 0 aliphatic carbocycles. The van der Waals surface area contributed by atoms with E-state index in [-0.39, 0.29) is 11.3 Å². The lowest BCUT2D eigenvalue weighted by Gasteiger charge is -1.99. The summed E-state index contributed by atoms with van der Waals surface area (Å²) in [6, 6.07) is 8.39. The van der Waals surface area contributed by atoms with Crippen LogP contribution >= 0.6 is 11.3 Å². The van der Waals surface area contributed by atoms with Crippen molar-refractivity contribution >= 4 is 27.3 Å². The molecule has 1 aromatic carbocycles. The van der Waals surface area contributed by atoms with Gasteiger partial charge in [0.15, 0.2) is 11.3 Å². The van der Waals surface area contributed by atoms with E-state index < -0.39 is 0 Å². The van der Waals surface area contributed by atoms with Crippen molar-refractivity contribution in [2.24, 2.45) is 0 Å². The quantitative estimate of drug-likeness (QED) is 0.599. The van der Waals surface area contributed by atoms with E-state index in [0.717, 1.165) is 10.2 Å². The molecule has 1 aromatic heterocycles. The van der Waals surface area contributed by atoms with Gasteiger partial charge in [-0.1, -0.05) is 0 Å². The minimum Gasteiger partial charge on any atom is -0.505 e. The highest BCUT2D eigenvalue weighted by Gasteiger charge is 2.08. The van der Waals surface area contributed by atoms with E-state index in [1.807, 2.05) is 0 Å². The minimum absolute atomic E-state index is 0.297. The van der Waals surface area contributed by atoms with Gasteiger partial charge >= 0.3 is 0 Å². The highest BCUT2D eigenvalue weighted by molar-refractivity contribution is 7.16. The predicted molar refractivity (Wildman–Crippen MR) is 60.4 cm³/mol. The lowest BCUT2D eigenvalue weighted by Crippen LogP contribution is -1.87. The van der Waals surface area contributed by atoms with Gasteiger partial charge in [-0.2, -0.15) is 10.5 Å². The van der Waals surface area contributed by atoms with Crippen LogP contribution in [0.25, 0.3) is 16.0 Å². The summed E-state index contributed by atoms with van der Waals surface area (Å²) in [5.41, 5.74) is 2.57. The summed E-state index contributed by atoms with van der Waals surface area (Å²) in [6.07, 6.45) is 0. The van der Waals surface area contributed by atoms with Gasteiger partial charge in [0.25, 0.3) is 0 Å². The van der Waals surface area contributed by atoms with Crippen molar-refractivity contribution in [3.8, 4) is 12.1 Å². The zero-order valence-corrected chi connectivity index (χ0v) is 8.82. The molecule has 1 N–H and O–H groups in total. The second kappa shape index (κ2) is 4.01. The van der Waals surface area contributed by atoms with Crippen molar-refractivity contribution in [3.63, 3.8) is 0 Å². The fourth-order valence-electron chi connectivity index (χ4n) is 1.28. The first-order valence-corrected chi connectivity index (χ1v) is 5.21. The monoisotopic (exact) mass is 227 g/mol. The highest BCUT2D eigenvalue weighted by atomic mass is 32.1. The Labute approximate surface area is 95.3 Å². The van der Waals surface area contributed by atoms with Crippen LogP contribution in [-0.4, -0.2) is 10.1 Å². The Balaban J connectivity index is 2.61. The number of aliphatic hydroxyl groups is 1. The van der Waals surface area contributed by atoms with E-state index in [9.17, 15) is 5.11 Å². The Bertz CT molecular complexity index is 642. The average Bonchev–Trinajstić information content (AvgIpc) is 2.77. The zero-order chi connectivity index (χ0) is 11.5. The maximum atomic E-state index is 9.69. The smallest absolute Gasteiger partial charge is 0.171 e. The van der Waals surface area contributed by atoms with Crippen LogP contribution in [0, 0.1) is 22.7 Å². The third-order valence-electron chi connectivity index (χ3n) is 2.06. The Hall–Kier alpha value is -2.37. The minimum atomic E-state index is -0.306. The van der Waals surface area contributed by atoms with Gasteiger partial charge in [0, 0.05) is 5.56 Å². The standard InChI is InChI=1S/C11H5N3OS/c12-4-8(5-13)11(15)7-1-2-10-9(3-7)14-6-16-10/h1-3,6,15H. The third kappa shape index (κ3) is 1.60. The van der Waals surface area contributed by atoms with E-state index in [0.29, 0.717) is 5.56 Å². The molecule has 0 saturated heterocycles. The largest absolute Gasteiger partial charge is 0.505 e. The van der Waals surface area contributed by atoms with Crippen LogP contribution in [0.1, 0.15) is 5.56 Å². The van der Waals surface area contributed by atoms with Crippen molar-refractivity contribution < 1.29 is 5.11 Å². The normalized spacial score (nSPS) is 9.38. The fraction of sp³-hybridized carbons (Fsp3) is 0. The van der Waals surface area contributed by atoms with Crippen molar-refractivity contribution in [2.45, 2.75) is 0 Å². The van der Waals surface area contributed by atoms with E-state index in [2.05, 4.69) is 4.98 Å². The molecule has 0 saturated carbocycles. The summed E-state index contributed by atoms with van der Waals surface area (Å²) in [7, 11) is 0. The molecule has 0 atom stereocenters. The fourth-order valence-corrected chi connectivity index (χ4v) is 1.94. The van der Waals surface area contributed by atoms with E-state index in [1.165, 1.54) is 11.3 Å². The van der Waals surface area contributed by atoms with E-state index in [1.54, 1.807) is 35.8 Å². The first-order valence-electron chi connectivity index (χ1n) is 4.33. The zero-order valence-electron chi connectivity index (χ0n) is 8.01. The van der Waals surface area contributed by atoms with Gasteiger partial charge in [0.1, 0.15) is 12.1 Å². The van der Waals surface area contributed by atoms with Crippen molar-refractivity contribution in [2.75, 3.05) is 0 Å². The molecule has 0 spiro atoms. The number of nitrogens with zero attached hydrogens (tertiary/aromatic N) is 3. The van der Waals surface area contributed by atoms with Gasteiger partial charge in [0.2, 0.25) is 0 Å². The molecule has 76 valence electrons. The molecule has 0 radical (unpaired) electrons. The summed E-state index contributed by atoms with van der Waals surface area (Å²) >= 11 is 1.49. The first kappa shape index (κ1) is 10.2. The number of benzene rings is 1. The lowest BCUT2D eigenvalue weighted by molar-refractivity contribution is 0.510. The predicted octanol–water partition coefficient (Wildman–Crippen LogP) is 2.61. The summed E-state index contributed by atoms with van der Waals surface area (Å²) in [6.45, 7) is 0. The Morgan fingerprint density at radius 1 is 1.31 bits per heavy atom. The summed E-state index contributed by atoms with van der Waals surface area (Å²) in [5.74, 6) is -0.306. The van der Waals surface area contributed by atoms with Crippen molar-refractivity contribution in [3.05, 3.63) is 34.8 Å². The second-order valence-corrected chi connectivity index (χ2v) is 3.87. The average molecular weight is 227 g/mol. The Kier molecular flexibility index (Phi) is 2.55. The van der Waals surface area contributed by atoms with Crippen LogP contribution in [-0.2, 0) is 0 Å². The van der Waals surface area contributed by atoms with Crippen molar-refractivity contribution in [1.82, 2.24) is 4.98 Å². The number of thiazole rings is 1. The maximum Gasteiger partial charge on any atom is 0.171 e. The first-order chi connectivity index (χ1) is 7.76. The molecule has 4 nitrogen and oxygen atoms in total. The molecule has 0 amide bonds. The molecule has 2 aromatic rings. The van der Waals surface area contributed by atoms with Crippen LogP contribution in [0.5, 0.6) is 0 Å². The van der Waals surface area contributed by atoms with Crippen LogP contribution in [0.2, 0.25) is 0 Å². The molecule has 0 unspecified atom stereocenters. The number of rotatable bonds is 1. The molecular weight excluding hydrogens is 222 g/mol. The Morgan fingerprint density at radius 2 is 2.06 bits per heavy atom. The van der Waals surface area contributed by atoms with Crippen molar-refractivity contribution in [1.29, 1.82) is 10.5 Å². The molecular formula is C11H5N3OS. The molecule has 0 fully saturated rings. The number of hydrogen-bond acceptors (Lipinski definition) is 5. The van der Waals surface area contributed by atoms with Gasteiger partial charge in [-0.3, -0.25) is 0 Å². The molecule has 16 heavy (non-hydrogen) atoms. The number of hydrogen-bond donors (Lipinski definition) is 1. The number of nitriles is 2. The topological polar surface area (TPSA) is 80.7 Å². The molecule has 1 heterocycles. The van der Waals surface area contributed by atoms with E-state index >= 15 is 0 Å². The lowest BCUT2D eigenvalue weighted by atomic mass is 10.1. The SMILES string of the molecule is N#CC(C#N)=C(O)c1ccc2scnc2c1. The maximum absolute atomic E-state index is 9.69. The summed E-state index contributed by atoms with van der Waals surface area (Å²) in [5, 5.41) is 26.9. The van der Waals surface area contributed by atoms with Crippen LogP contribution in [0.15, 0.2) is 29.3 Å². The van der Waals surface area contributed by atoms with Gasteiger partial charge in [-0.15, -0.1) is 11.3 Å². The van der Waals surface area contributed by atoms with Crippen LogP contribution < -0.4 is 0 Å². The van der Waals surface area contributed by atoms with Gasteiger partial charge < -0.3 is 5.11 Å². The number of aromatic nitrogens is 1. The molecule has 0 aliphatic heterocycles. The van der Waals surface area contributed by atoms with E-state index in [4.69, 9.17) is 10.5 Å². The third-order valence-corrected chi connectivity index (χ3v) is 2.87. The van der Waals surface area contributed by atoms with Crippen LogP contribution in [0.4, 0.5) is 0 Å². The molecule has 2 rings (SSSR count). The summed E-state index contributed by atoms with van der Waals surface area (Å²) in [4.78, 5) is 4.09. The second-order valence-electron chi connectivity index (χ2n) is 2.98. The number of fused-ring (bicyclic) bond motifs is 1. The highest BCUT2D eigenvalue weighted by Crippen LogP contribution is 2.23. The van der Waals surface area contributed by atoms with Gasteiger partial charge in [0.05, 0.1) is 15.7 Å². The number of allylic oxidation sites excluding steroid dienone is 1. The van der Waals surface area contributed by atoms with Gasteiger partial charge in [-0.25, -0.2) is 4.98 Å². The molecule has 0 aliphatic rings. The Morgan fingerprint density at radius 3 is 2.75 bits per heavy atom. The van der Waals surface area contributed by atoms with Gasteiger partial charge in [-0.05, 0) is 18.2 Å².